The summed E-state index contributed by atoms with van der Waals surface area (Å²) in [6.07, 6.45) is 2.34. The summed E-state index contributed by atoms with van der Waals surface area (Å²) in [6.45, 7) is 3.27. The molecule has 25 heavy (non-hydrogen) atoms. The van der Waals surface area contributed by atoms with Gasteiger partial charge in [-0.1, -0.05) is 48.5 Å². The van der Waals surface area contributed by atoms with E-state index in [4.69, 9.17) is 4.74 Å². The van der Waals surface area contributed by atoms with E-state index in [9.17, 15) is 9.90 Å². The number of benzene rings is 2. The maximum Gasteiger partial charge on any atom is 0.219 e. The Kier molecular flexibility index (Phi) is 5.51. The van der Waals surface area contributed by atoms with Crippen molar-refractivity contribution in [2.45, 2.75) is 19.4 Å². The summed E-state index contributed by atoms with van der Waals surface area (Å²) >= 11 is 0. The number of nitrogens with zero attached hydrogens (tertiary/aromatic N) is 1. The van der Waals surface area contributed by atoms with Crippen LogP contribution in [0.15, 0.2) is 60.7 Å². The lowest BCUT2D eigenvalue weighted by Gasteiger charge is -2.25. The lowest BCUT2D eigenvalue weighted by molar-refractivity contribution is -0.128. The average Bonchev–Trinajstić information content (AvgIpc) is 2.67. The fourth-order valence-corrected chi connectivity index (χ4v) is 2.93. The summed E-state index contributed by atoms with van der Waals surface area (Å²) in [7, 11) is 0. The molecule has 0 unspecified atom stereocenters. The molecular formula is C21H23NO3. The van der Waals surface area contributed by atoms with Crippen molar-refractivity contribution in [2.24, 2.45) is 0 Å². The van der Waals surface area contributed by atoms with Crippen molar-refractivity contribution in [2.75, 3.05) is 19.7 Å². The minimum atomic E-state index is -0.639. The van der Waals surface area contributed by atoms with E-state index < -0.39 is 6.10 Å². The third kappa shape index (κ3) is 4.48. The molecule has 1 aliphatic rings. The second kappa shape index (κ2) is 7.99. The van der Waals surface area contributed by atoms with Crippen molar-refractivity contribution >= 4 is 11.5 Å². The van der Waals surface area contributed by atoms with Crippen LogP contribution in [0.1, 0.15) is 30.6 Å². The van der Waals surface area contributed by atoms with Crippen molar-refractivity contribution in [3.05, 3.63) is 71.8 Å². The first-order chi connectivity index (χ1) is 12.1. The Bertz CT molecular complexity index is 737. The molecule has 0 radical (unpaired) electrons. The zero-order chi connectivity index (χ0) is 17.6. The average molecular weight is 337 g/mol. The van der Waals surface area contributed by atoms with Gasteiger partial charge in [-0.3, -0.25) is 4.79 Å². The largest absolute Gasteiger partial charge is 0.491 e. The van der Waals surface area contributed by atoms with E-state index in [1.54, 1.807) is 6.92 Å². The maximum atomic E-state index is 11.4. The molecule has 0 saturated heterocycles. The summed E-state index contributed by atoms with van der Waals surface area (Å²) in [4.78, 5) is 13.2. The van der Waals surface area contributed by atoms with Crippen LogP contribution in [0, 0.1) is 0 Å². The minimum Gasteiger partial charge on any atom is -0.491 e. The molecular weight excluding hydrogens is 314 g/mol. The number of rotatable bonds is 5. The van der Waals surface area contributed by atoms with Crippen molar-refractivity contribution in [3.8, 4) is 5.75 Å². The van der Waals surface area contributed by atoms with Gasteiger partial charge in [0.25, 0.3) is 0 Å². The molecule has 2 aromatic carbocycles. The first-order valence-electron chi connectivity index (χ1n) is 8.54. The molecule has 0 aliphatic carbocycles. The molecule has 0 bridgehead atoms. The van der Waals surface area contributed by atoms with Gasteiger partial charge >= 0.3 is 0 Å². The summed E-state index contributed by atoms with van der Waals surface area (Å²) in [6, 6.07) is 17.4. The Morgan fingerprint density at radius 3 is 2.48 bits per heavy atom. The molecule has 3 rings (SSSR count). The molecule has 2 aromatic rings. The molecule has 1 N–H and O–H groups in total. The third-order valence-electron chi connectivity index (χ3n) is 4.47. The molecule has 1 atom stereocenters. The Balaban J connectivity index is 1.57. The van der Waals surface area contributed by atoms with Crippen LogP contribution in [-0.2, 0) is 4.79 Å². The molecule has 0 saturated carbocycles. The third-order valence-corrected chi connectivity index (χ3v) is 4.47. The summed E-state index contributed by atoms with van der Waals surface area (Å²) in [5.41, 5.74) is 3.26. The predicted octanol–water partition coefficient (Wildman–Crippen LogP) is 3.43. The molecule has 1 aliphatic heterocycles. The van der Waals surface area contributed by atoms with Gasteiger partial charge < -0.3 is 14.7 Å². The fourth-order valence-electron chi connectivity index (χ4n) is 2.93. The van der Waals surface area contributed by atoms with E-state index in [1.807, 2.05) is 59.5 Å². The van der Waals surface area contributed by atoms with E-state index in [0.717, 1.165) is 29.8 Å². The minimum absolute atomic E-state index is 0.121. The quantitative estimate of drug-likeness (QED) is 0.909. The van der Waals surface area contributed by atoms with Gasteiger partial charge in [-0.2, -0.15) is 0 Å². The molecule has 0 aromatic heterocycles. The van der Waals surface area contributed by atoms with E-state index in [2.05, 4.69) is 6.08 Å². The van der Waals surface area contributed by atoms with Crippen molar-refractivity contribution in [1.29, 1.82) is 0 Å². The van der Waals surface area contributed by atoms with Crippen LogP contribution in [0.3, 0.4) is 0 Å². The first kappa shape index (κ1) is 17.2. The molecule has 1 heterocycles. The lowest BCUT2D eigenvalue weighted by atomic mass is 9.99. The monoisotopic (exact) mass is 337 g/mol. The highest BCUT2D eigenvalue weighted by molar-refractivity contribution is 5.76. The predicted molar refractivity (Wildman–Crippen MR) is 98.2 cm³/mol. The highest BCUT2D eigenvalue weighted by atomic mass is 16.5. The second-order valence-electron chi connectivity index (χ2n) is 6.21. The number of carbonyl (C=O) groups is 1. The first-order valence-corrected chi connectivity index (χ1v) is 8.54. The molecule has 130 valence electrons. The van der Waals surface area contributed by atoms with Crippen LogP contribution in [0.2, 0.25) is 0 Å². The highest BCUT2D eigenvalue weighted by Crippen LogP contribution is 2.25. The standard InChI is InChI=1S/C21H23NO3/c1-16(23)22-13-11-18(12-14-22)17-7-9-20(10-8-17)25-15-21(24)19-5-3-2-4-6-19/h2-11,21,24H,12-15H2,1H3/t21-/m0/s1. The van der Waals surface area contributed by atoms with Crippen molar-refractivity contribution in [1.82, 2.24) is 4.90 Å². The summed E-state index contributed by atoms with van der Waals surface area (Å²) in [5.74, 6) is 0.858. The highest BCUT2D eigenvalue weighted by Gasteiger charge is 2.15. The topological polar surface area (TPSA) is 49.8 Å². The van der Waals surface area contributed by atoms with Crippen LogP contribution < -0.4 is 4.74 Å². The Labute approximate surface area is 148 Å². The second-order valence-corrected chi connectivity index (χ2v) is 6.21. The maximum absolute atomic E-state index is 11.4. The normalized spacial score (nSPS) is 15.4. The number of amides is 1. The van der Waals surface area contributed by atoms with Crippen molar-refractivity contribution in [3.63, 3.8) is 0 Å². The van der Waals surface area contributed by atoms with E-state index >= 15 is 0 Å². The van der Waals surface area contributed by atoms with E-state index in [-0.39, 0.29) is 12.5 Å². The zero-order valence-corrected chi connectivity index (χ0v) is 14.4. The number of carbonyl (C=O) groups excluding carboxylic acids is 1. The number of aliphatic hydroxyl groups is 1. The molecule has 0 spiro atoms. The Morgan fingerprint density at radius 1 is 1.16 bits per heavy atom. The van der Waals surface area contributed by atoms with Gasteiger partial charge in [-0.25, -0.2) is 0 Å². The van der Waals surface area contributed by atoms with Gasteiger partial charge in [-0.05, 0) is 35.3 Å². The lowest BCUT2D eigenvalue weighted by Crippen LogP contribution is -2.32. The SMILES string of the molecule is CC(=O)N1CC=C(c2ccc(OC[C@H](O)c3ccccc3)cc2)CC1. The molecule has 0 fully saturated rings. The van der Waals surface area contributed by atoms with Crippen molar-refractivity contribution < 1.29 is 14.6 Å². The van der Waals surface area contributed by atoms with Crippen LogP contribution in [0.25, 0.3) is 5.57 Å². The van der Waals surface area contributed by atoms with E-state index in [0.29, 0.717) is 6.54 Å². The molecule has 4 nitrogen and oxygen atoms in total. The van der Waals surface area contributed by atoms with Gasteiger partial charge in [0.2, 0.25) is 5.91 Å². The molecule has 1 amide bonds. The van der Waals surface area contributed by atoms with Gasteiger partial charge in [0.15, 0.2) is 0 Å². The number of aliphatic hydroxyl groups excluding tert-OH is 1. The van der Waals surface area contributed by atoms with Gasteiger partial charge in [0.1, 0.15) is 18.5 Å². The number of hydrogen-bond donors (Lipinski definition) is 1. The van der Waals surface area contributed by atoms with Crippen LogP contribution >= 0.6 is 0 Å². The molecule has 4 heteroatoms. The smallest absolute Gasteiger partial charge is 0.219 e. The van der Waals surface area contributed by atoms with Gasteiger partial charge in [0.05, 0.1) is 0 Å². The van der Waals surface area contributed by atoms with Crippen LogP contribution in [0.5, 0.6) is 5.75 Å². The zero-order valence-electron chi connectivity index (χ0n) is 14.4. The van der Waals surface area contributed by atoms with Gasteiger partial charge in [-0.15, -0.1) is 0 Å². The Morgan fingerprint density at radius 2 is 1.88 bits per heavy atom. The fraction of sp³-hybridized carbons (Fsp3) is 0.286. The van der Waals surface area contributed by atoms with Gasteiger partial charge in [0, 0.05) is 20.0 Å². The summed E-state index contributed by atoms with van der Waals surface area (Å²) in [5, 5.41) is 10.1. The number of hydrogen-bond acceptors (Lipinski definition) is 3. The van der Waals surface area contributed by atoms with Crippen LogP contribution in [0.4, 0.5) is 0 Å². The van der Waals surface area contributed by atoms with E-state index in [1.165, 1.54) is 5.57 Å². The van der Waals surface area contributed by atoms with Crippen LogP contribution in [-0.4, -0.2) is 35.6 Å². The summed E-state index contributed by atoms with van der Waals surface area (Å²) < 4.78 is 5.69. The Hall–Kier alpha value is -2.59. The number of ether oxygens (including phenoxy) is 1.